The summed E-state index contributed by atoms with van der Waals surface area (Å²) in [5.41, 5.74) is 2.71. The lowest BCUT2D eigenvalue weighted by Crippen LogP contribution is -2.46. The van der Waals surface area contributed by atoms with Gasteiger partial charge in [0, 0.05) is 30.3 Å². The van der Waals surface area contributed by atoms with E-state index in [0.717, 1.165) is 40.7 Å². The average Bonchev–Trinajstić information content (AvgIpc) is 3.68. The maximum atomic E-state index is 14.3. The lowest BCUT2D eigenvalue weighted by Gasteiger charge is -2.30. The minimum absolute atomic E-state index is 0.0190. The fraction of sp³-hybridized carbons (Fsp3) is 0.459. The summed E-state index contributed by atoms with van der Waals surface area (Å²) in [6.07, 6.45) is 1.76. The minimum Gasteiger partial charge on any atom is -0.493 e. The zero-order valence-corrected chi connectivity index (χ0v) is 28.8. The largest absolute Gasteiger partial charge is 0.493 e. The number of hydrogen-bond donors (Lipinski definition) is 1. The first kappa shape index (κ1) is 34.8. The number of unbranched alkanes of at least 4 members (excludes halogenated alkanes) is 1. The van der Waals surface area contributed by atoms with E-state index in [1.54, 1.807) is 26.4 Å². The number of rotatable bonds is 15. The average molecular weight is 663 g/mol. The van der Waals surface area contributed by atoms with Crippen LogP contribution in [0.5, 0.6) is 28.7 Å². The standard InChI is InChI=1S/C37H47N3O8/c1-7-8-16-39(27-13-11-12-25(17-27)22-40(2,3)4)34(41)21-38-20-28(26-18-32(45-6)36-33(19-26)47-24-48-36)35(37(42)43)29(38)23-46-31-15-10-9-14-30(31)44-5/h9-15,17-19,28-29,35H,7-8,16,20-24H2,1-6H3/p+1. The van der Waals surface area contributed by atoms with Crippen LogP contribution in [-0.4, -0.2) is 101 Å². The van der Waals surface area contributed by atoms with Crippen molar-refractivity contribution in [3.05, 3.63) is 71.8 Å². The second kappa shape index (κ2) is 15.2. The van der Waals surface area contributed by atoms with Crippen molar-refractivity contribution >= 4 is 17.6 Å². The van der Waals surface area contributed by atoms with Crippen molar-refractivity contribution in [2.45, 2.75) is 38.3 Å². The minimum atomic E-state index is -0.976. The summed E-state index contributed by atoms with van der Waals surface area (Å²) >= 11 is 0. The van der Waals surface area contributed by atoms with E-state index in [-0.39, 0.29) is 25.9 Å². The molecule has 2 aliphatic heterocycles. The number of methoxy groups -OCH3 is 2. The fourth-order valence-corrected chi connectivity index (χ4v) is 6.66. The van der Waals surface area contributed by atoms with Crippen LogP contribution >= 0.6 is 0 Å². The second-order valence-electron chi connectivity index (χ2n) is 13.4. The van der Waals surface area contributed by atoms with Crippen LogP contribution in [0, 0.1) is 5.92 Å². The Bertz CT molecular complexity index is 1590. The predicted octanol–water partition coefficient (Wildman–Crippen LogP) is 5.02. The molecule has 0 aromatic heterocycles. The molecular formula is C37H48N3O8+. The topological polar surface area (TPSA) is 107 Å². The van der Waals surface area contributed by atoms with E-state index in [1.165, 1.54) is 0 Å². The van der Waals surface area contributed by atoms with Gasteiger partial charge in [-0.25, -0.2) is 0 Å². The van der Waals surface area contributed by atoms with Crippen LogP contribution < -0.4 is 28.6 Å². The summed E-state index contributed by atoms with van der Waals surface area (Å²) in [5.74, 6) is 0.0650. The fourth-order valence-electron chi connectivity index (χ4n) is 6.66. The van der Waals surface area contributed by atoms with E-state index in [0.29, 0.717) is 41.8 Å². The van der Waals surface area contributed by atoms with Gasteiger partial charge in [0.05, 0.1) is 53.9 Å². The molecule has 3 unspecified atom stereocenters. The Hall–Kier alpha value is -4.48. The number of para-hydroxylation sites is 2. The summed E-state index contributed by atoms with van der Waals surface area (Å²) in [6, 6.07) is 18.4. The van der Waals surface area contributed by atoms with E-state index in [1.807, 2.05) is 46.2 Å². The molecule has 1 N–H and O–H groups in total. The van der Waals surface area contributed by atoms with Gasteiger partial charge in [0.25, 0.3) is 0 Å². The molecule has 5 rings (SSSR count). The van der Waals surface area contributed by atoms with Gasteiger partial charge in [-0.3, -0.25) is 14.5 Å². The Kier molecular flexibility index (Phi) is 11.0. The molecule has 258 valence electrons. The predicted molar refractivity (Wildman–Crippen MR) is 182 cm³/mol. The van der Waals surface area contributed by atoms with Gasteiger partial charge in [-0.2, -0.15) is 0 Å². The summed E-state index contributed by atoms with van der Waals surface area (Å²) < 4.78 is 29.4. The Labute approximate surface area is 283 Å². The molecule has 1 fully saturated rings. The molecule has 2 heterocycles. The summed E-state index contributed by atoms with van der Waals surface area (Å²) in [6.45, 7) is 3.91. The molecule has 0 bridgehead atoms. The summed E-state index contributed by atoms with van der Waals surface area (Å²) in [7, 11) is 9.51. The number of anilines is 1. The van der Waals surface area contributed by atoms with E-state index in [4.69, 9.17) is 23.7 Å². The number of aliphatic carboxylic acids is 1. The molecule has 11 heteroatoms. The van der Waals surface area contributed by atoms with Crippen LogP contribution in [0.2, 0.25) is 0 Å². The van der Waals surface area contributed by atoms with Gasteiger partial charge in [0.15, 0.2) is 23.0 Å². The Morgan fingerprint density at radius 1 is 0.979 bits per heavy atom. The van der Waals surface area contributed by atoms with Crippen LogP contribution in [0.3, 0.4) is 0 Å². The number of carboxylic acids is 1. The number of benzene rings is 3. The number of carbonyl (C=O) groups excluding carboxylic acids is 1. The van der Waals surface area contributed by atoms with E-state index < -0.39 is 23.8 Å². The molecule has 0 saturated carbocycles. The first-order valence-corrected chi connectivity index (χ1v) is 16.4. The van der Waals surface area contributed by atoms with Crippen molar-refractivity contribution in [3.8, 4) is 28.7 Å². The van der Waals surface area contributed by atoms with Gasteiger partial charge in [0.2, 0.25) is 18.4 Å². The molecule has 48 heavy (non-hydrogen) atoms. The number of fused-ring (bicyclic) bond motifs is 1. The zero-order valence-electron chi connectivity index (χ0n) is 28.8. The van der Waals surface area contributed by atoms with E-state index in [2.05, 4.69) is 40.2 Å². The molecule has 11 nitrogen and oxygen atoms in total. The Morgan fingerprint density at radius 2 is 1.73 bits per heavy atom. The number of quaternary nitrogens is 1. The smallest absolute Gasteiger partial charge is 0.308 e. The highest BCUT2D eigenvalue weighted by Gasteiger charge is 2.48. The summed E-state index contributed by atoms with van der Waals surface area (Å²) in [5, 5.41) is 10.7. The molecule has 3 aromatic carbocycles. The third kappa shape index (κ3) is 7.96. The van der Waals surface area contributed by atoms with Crippen LogP contribution in [0.25, 0.3) is 0 Å². The number of carboxylic acid groups (broad SMARTS) is 1. The lowest BCUT2D eigenvalue weighted by atomic mass is 9.85. The number of carbonyl (C=O) groups is 2. The van der Waals surface area contributed by atoms with Crippen LogP contribution in [0.15, 0.2) is 60.7 Å². The second-order valence-corrected chi connectivity index (χ2v) is 13.4. The maximum absolute atomic E-state index is 14.3. The van der Waals surface area contributed by atoms with Crippen molar-refractivity contribution in [2.75, 3.05) is 73.3 Å². The third-order valence-electron chi connectivity index (χ3n) is 8.87. The highest BCUT2D eigenvalue weighted by molar-refractivity contribution is 5.95. The maximum Gasteiger partial charge on any atom is 0.308 e. The van der Waals surface area contributed by atoms with Gasteiger partial charge in [-0.1, -0.05) is 37.6 Å². The number of ether oxygens (including phenoxy) is 5. The molecule has 1 amide bonds. The molecule has 2 aliphatic rings. The van der Waals surface area contributed by atoms with Crippen molar-refractivity contribution < 1.29 is 42.9 Å². The zero-order chi connectivity index (χ0) is 34.4. The van der Waals surface area contributed by atoms with Gasteiger partial charge < -0.3 is 38.2 Å². The Morgan fingerprint density at radius 3 is 2.42 bits per heavy atom. The summed E-state index contributed by atoms with van der Waals surface area (Å²) in [4.78, 5) is 31.2. The molecule has 1 saturated heterocycles. The van der Waals surface area contributed by atoms with Crippen molar-refractivity contribution in [3.63, 3.8) is 0 Å². The number of likely N-dealkylation sites (tertiary alicyclic amines) is 1. The highest BCUT2D eigenvalue weighted by Crippen LogP contribution is 2.47. The Balaban J connectivity index is 1.49. The van der Waals surface area contributed by atoms with Gasteiger partial charge in [-0.15, -0.1) is 0 Å². The van der Waals surface area contributed by atoms with Crippen molar-refractivity contribution in [1.29, 1.82) is 0 Å². The molecule has 0 aliphatic carbocycles. The van der Waals surface area contributed by atoms with E-state index >= 15 is 0 Å². The van der Waals surface area contributed by atoms with Crippen LogP contribution in [-0.2, 0) is 16.1 Å². The van der Waals surface area contributed by atoms with Gasteiger partial charge in [0.1, 0.15) is 13.2 Å². The molecule has 3 aromatic rings. The normalized spacial score (nSPS) is 18.8. The van der Waals surface area contributed by atoms with Crippen molar-refractivity contribution in [2.24, 2.45) is 5.92 Å². The highest BCUT2D eigenvalue weighted by atomic mass is 16.7. The molecule has 0 spiro atoms. The lowest BCUT2D eigenvalue weighted by molar-refractivity contribution is -0.884. The number of amides is 1. The molecule has 0 radical (unpaired) electrons. The monoisotopic (exact) mass is 662 g/mol. The first-order valence-electron chi connectivity index (χ1n) is 16.4. The van der Waals surface area contributed by atoms with Crippen molar-refractivity contribution in [1.82, 2.24) is 4.90 Å². The van der Waals surface area contributed by atoms with E-state index in [9.17, 15) is 14.7 Å². The molecular weight excluding hydrogens is 614 g/mol. The number of nitrogens with zero attached hydrogens (tertiary/aromatic N) is 3. The number of hydrogen-bond acceptors (Lipinski definition) is 8. The molecule has 3 atom stereocenters. The third-order valence-corrected chi connectivity index (χ3v) is 8.87. The quantitative estimate of drug-likeness (QED) is 0.225. The van der Waals surface area contributed by atoms with Crippen LogP contribution in [0.1, 0.15) is 36.8 Å². The van der Waals surface area contributed by atoms with Gasteiger partial charge >= 0.3 is 5.97 Å². The van der Waals surface area contributed by atoms with Gasteiger partial charge in [-0.05, 0) is 48.4 Å². The SMILES string of the molecule is CCCCN(C(=O)CN1CC(c2cc(OC)c3c(c2)OCO3)C(C(=O)O)C1COc1ccccc1OC)c1cccc(C[N+](C)(C)C)c1. The van der Waals surface area contributed by atoms with Crippen LogP contribution in [0.4, 0.5) is 5.69 Å². The first-order chi connectivity index (χ1) is 23.0.